The van der Waals surface area contributed by atoms with Gasteiger partial charge in [-0.3, -0.25) is 4.79 Å². The lowest BCUT2D eigenvalue weighted by atomic mass is 9.98. The van der Waals surface area contributed by atoms with Crippen molar-refractivity contribution in [3.8, 4) is 0 Å². The molecule has 4 rings (SSSR count). The van der Waals surface area contributed by atoms with E-state index < -0.39 is 0 Å². The lowest BCUT2D eigenvalue weighted by Crippen LogP contribution is -2.42. The second-order valence-electron chi connectivity index (χ2n) is 6.56. The fourth-order valence-corrected chi connectivity index (χ4v) is 3.98. The summed E-state index contributed by atoms with van der Waals surface area (Å²) in [5.41, 5.74) is 3.54. The summed E-state index contributed by atoms with van der Waals surface area (Å²) < 4.78 is 0. The highest BCUT2D eigenvalue weighted by molar-refractivity contribution is 5.78. The van der Waals surface area contributed by atoms with Crippen molar-refractivity contribution >= 4 is 5.91 Å². The molecule has 118 valence electrons. The van der Waals surface area contributed by atoms with Crippen LogP contribution in [-0.4, -0.2) is 26.8 Å². The molecule has 0 radical (unpaired) electrons. The van der Waals surface area contributed by atoms with E-state index in [-0.39, 0.29) is 11.9 Å². The number of carbonyl (C=O) groups excluding carboxylic acids is 1. The number of rotatable bonds is 3. The molecule has 2 aromatic rings. The Labute approximate surface area is 136 Å². The number of hydrogen-bond acceptors (Lipinski definition) is 3. The Morgan fingerprint density at radius 2 is 2.09 bits per heavy atom. The summed E-state index contributed by atoms with van der Waals surface area (Å²) in [6.45, 7) is 1.93. The van der Waals surface area contributed by atoms with Crippen molar-refractivity contribution in [1.82, 2.24) is 14.9 Å². The maximum absolute atomic E-state index is 12.8. The average molecular weight is 307 g/mol. The Bertz CT molecular complexity index is 729. The summed E-state index contributed by atoms with van der Waals surface area (Å²) in [4.78, 5) is 23.8. The first-order valence-electron chi connectivity index (χ1n) is 8.40. The van der Waals surface area contributed by atoms with Crippen LogP contribution in [0.4, 0.5) is 0 Å². The summed E-state index contributed by atoms with van der Waals surface area (Å²) in [7, 11) is 0. The lowest BCUT2D eigenvalue weighted by molar-refractivity contribution is -0.134. The van der Waals surface area contributed by atoms with E-state index in [4.69, 9.17) is 0 Å². The molecule has 0 aliphatic carbocycles. The van der Waals surface area contributed by atoms with Crippen molar-refractivity contribution in [1.29, 1.82) is 0 Å². The lowest BCUT2D eigenvalue weighted by Gasteiger charge is -2.35. The maximum Gasteiger partial charge on any atom is 0.223 e. The molecule has 1 fully saturated rings. The molecule has 4 heteroatoms. The minimum atomic E-state index is 0.188. The SMILES string of the molecule is Cc1ncc2c(n1)CC1CCC2N1C(=O)CCc1ccccc1. The quantitative estimate of drug-likeness (QED) is 0.875. The second-order valence-corrected chi connectivity index (χ2v) is 6.56. The number of benzene rings is 1. The van der Waals surface area contributed by atoms with Gasteiger partial charge in [0.1, 0.15) is 5.82 Å². The van der Waals surface area contributed by atoms with Crippen LogP contribution in [-0.2, 0) is 17.6 Å². The Hall–Kier alpha value is -2.23. The van der Waals surface area contributed by atoms with Gasteiger partial charge in [-0.25, -0.2) is 9.97 Å². The summed E-state index contributed by atoms with van der Waals surface area (Å²) >= 11 is 0. The normalized spacial score (nSPS) is 22.0. The van der Waals surface area contributed by atoms with E-state index in [0.717, 1.165) is 42.8 Å². The van der Waals surface area contributed by atoms with Gasteiger partial charge in [0.25, 0.3) is 0 Å². The number of amides is 1. The van der Waals surface area contributed by atoms with Crippen LogP contribution in [0.15, 0.2) is 36.5 Å². The van der Waals surface area contributed by atoms with E-state index in [0.29, 0.717) is 12.5 Å². The molecule has 1 amide bonds. The van der Waals surface area contributed by atoms with E-state index in [1.165, 1.54) is 5.56 Å². The standard InChI is InChI=1S/C19H21N3O/c1-13-20-12-16-17(21-13)11-15-8-9-18(16)22(15)19(23)10-7-14-5-3-2-4-6-14/h2-6,12,15,18H,7-11H2,1H3. The van der Waals surface area contributed by atoms with Gasteiger partial charge in [-0.15, -0.1) is 0 Å². The van der Waals surface area contributed by atoms with Gasteiger partial charge < -0.3 is 4.90 Å². The predicted molar refractivity (Wildman–Crippen MR) is 87.8 cm³/mol. The van der Waals surface area contributed by atoms with Crippen LogP contribution in [0.5, 0.6) is 0 Å². The third-order valence-corrected chi connectivity index (χ3v) is 5.07. The molecule has 23 heavy (non-hydrogen) atoms. The van der Waals surface area contributed by atoms with Crippen LogP contribution >= 0.6 is 0 Å². The molecular formula is C19H21N3O. The molecule has 4 nitrogen and oxygen atoms in total. The first-order chi connectivity index (χ1) is 11.2. The van der Waals surface area contributed by atoms with Gasteiger partial charge >= 0.3 is 0 Å². The van der Waals surface area contributed by atoms with E-state index in [2.05, 4.69) is 27.0 Å². The van der Waals surface area contributed by atoms with E-state index in [1.54, 1.807) is 0 Å². The van der Waals surface area contributed by atoms with E-state index in [1.807, 2.05) is 31.3 Å². The van der Waals surface area contributed by atoms with Gasteiger partial charge in [0.2, 0.25) is 5.91 Å². The monoisotopic (exact) mass is 307 g/mol. The molecule has 2 aliphatic rings. The van der Waals surface area contributed by atoms with Crippen molar-refractivity contribution in [3.05, 3.63) is 59.2 Å². The van der Waals surface area contributed by atoms with Crippen LogP contribution in [0.3, 0.4) is 0 Å². The highest BCUT2D eigenvalue weighted by atomic mass is 16.2. The first-order valence-corrected chi connectivity index (χ1v) is 8.40. The number of carbonyl (C=O) groups is 1. The van der Waals surface area contributed by atoms with Crippen molar-refractivity contribution < 1.29 is 4.79 Å². The number of fused-ring (bicyclic) bond motifs is 4. The minimum Gasteiger partial charge on any atom is -0.332 e. The van der Waals surface area contributed by atoms with Gasteiger partial charge in [-0.1, -0.05) is 30.3 Å². The van der Waals surface area contributed by atoms with Gasteiger partial charge in [0, 0.05) is 30.6 Å². The Morgan fingerprint density at radius 3 is 2.91 bits per heavy atom. The van der Waals surface area contributed by atoms with Gasteiger partial charge in [-0.05, 0) is 31.7 Å². The molecular weight excluding hydrogens is 286 g/mol. The van der Waals surface area contributed by atoms with Gasteiger partial charge in [0.15, 0.2) is 0 Å². The molecule has 3 heterocycles. The molecule has 2 unspecified atom stereocenters. The molecule has 1 aromatic heterocycles. The van der Waals surface area contributed by atoms with Crippen molar-refractivity contribution in [2.24, 2.45) is 0 Å². The van der Waals surface area contributed by atoms with Crippen LogP contribution in [0.2, 0.25) is 0 Å². The smallest absolute Gasteiger partial charge is 0.223 e. The molecule has 1 aromatic carbocycles. The van der Waals surface area contributed by atoms with Crippen molar-refractivity contribution in [3.63, 3.8) is 0 Å². The summed E-state index contributed by atoms with van der Waals surface area (Å²) in [5.74, 6) is 1.10. The number of nitrogens with zero attached hydrogens (tertiary/aromatic N) is 3. The number of hydrogen-bond donors (Lipinski definition) is 0. The molecule has 0 spiro atoms. The largest absolute Gasteiger partial charge is 0.332 e. The Morgan fingerprint density at radius 1 is 1.26 bits per heavy atom. The van der Waals surface area contributed by atoms with Crippen LogP contribution in [0, 0.1) is 6.92 Å². The van der Waals surface area contributed by atoms with E-state index in [9.17, 15) is 4.79 Å². The highest BCUT2D eigenvalue weighted by Gasteiger charge is 2.42. The molecule has 1 saturated heterocycles. The van der Waals surface area contributed by atoms with Crippen LogP contribution in [0.25, 0.3) is 0 Å². The highest BCUT2D eigenvalue weighted by Crippen LogP contribution is 2.43. The summed E-state index contributed by atoms with van der Waals surface area (Å²) in [5, 5.41) is 0. The summed E-state index contributed by atoms with van der Waals surface area (Å²) in [6.07, 6.45) is 6.33. The average Bonchev–Trinajstić information content (AvgIpc) is 2.89. The first kappa shape index (κ1) is 14.4. The third kappa shape index (κ3) is 2.62. The zero-order valence-corrected chi connectivity index (χ0v) is 13.4. The summed E-state index contributed by atoms with van der Waals surface area (Å²) in [6, 6.07) is 10.8. The molecule has 2 bridgehead atoms. The van der Waals surface area contributed by atoms with Crippen molar-refractivity contribution in [2.75, 3.05) is 0 Å². The minimum absolute atomic E-state index is 0.188. The number of aryl methyl sites for hydroxylation is 2. The second kappa shape index (κ2) is 5.76. The van der Waals surface area contributed by atoms with Crippen LogP contribution < -0.4 is 0 Å². The van der Waals surface area contributed by atoms with Gasteiger partial charge in [0.05, 0.1) is 11.7 Å². The van der Waals surface area contributed by atoms with Crippen LogP contribution in [0.1, 0.15) is 47.9 Å². The number of aromatic nitrogens is 2. The zero-order valence-electron chi connectivity index (χ0n) is 13.4. The zero-order chi connectivity index (χ0) is 15.8. The topological polar surface area (TPSA) is 46.1 Å². The Kier molecular flexibility index (Phi) is 3.60. The Balaban J connectivity index is 1.51. The van der Waals surface area contributed by atoms with E-state index >= 15 is 0 Å². The predicted octanol–water partition coefficient (Wildman–Crippen LogP) is 3.01. The van der Waals surface area contributed by atoms with Gasteiger partial charge in [-0.2, -0.15) is 0 Å². The molecule has 0 N–H and O–H groups in total. The van der Waals surface area contributed by atoms with Crippen molar-refractivity contribution in [2.45, 2.75) is 51.1 Å². The fraction of sp³-hybridized carbons (Fsp3) is 0.421. The maximum atomic E-state index is 12.8. The third-order valence-electron chi connectivity index (χ3n) is 5.07. The molecule has 2 atom stereocenters. The molecule has 2 aliphatic heterocycles. The molecule has 0 saturated carbocycles. The fourth-order valence-electron chi connectivity index (χ4n) is 3.98.